The van der Waals surface area contributed by atoms with Crippen LogP contribution in [0.25, 0.3) is 5.52 Å². The van der Waals surface area contributed by atoms with E-state index < -0.39 is 12.7 Å². The minimum Gasteiger partial charge on any atom is -0.362 e. The molecule has 3 N–H and O–H groups in total. The van der Waals surface area contributed by atoms with E-state index in [-0.39, 0.29) is 18.3 Å². The van der Waals surface area contributed by atoms with Gasteiger partial charge in [-0.05, 0) is 60.1 Å². The highest BCUT2D eigenvalue weighted by Gasteiger charge is 2.21. The van der Waals surface area contributed by atoms with Gasteiger partial charge in [0.05, 0.1) is 18.8 Å². The molecule has 0 radical (unpaired) electrons. The Morgan fingerprint density at radius 2 is 2.18 bits per heavy atom. The van der Waals surface area contributed by atoms with Crippen molar-refractivity contribution < 1.29 is 13.5 Å². The van der Waals surface area contributed by atoms with Gasteiger partial charge in [0.2, 0.25) is 5.28 Å². The SMILES string of the molecule is Cc1c(C[C@@H](N)CCOC(F)F)c(Cl)n2nc(Cl)nc(NCc3ccsn3)c12. The summed E-state index contributed by atoms with van der Waals surface area (Å²) in [5.41, 5.74) is 9.21. The van der Waals surface area contributed by atoms with Gasteiger partial charge < -0.3 is 15.8 Å². The number of nitrogens with zero attached hydrogens (tertiary/aromatic N) is 4. The molecule has 7 nitrogen and oxygen atoms in total. The van der Waals surface area contributed by atoms with Gasteiger partial charge in [0.1, 0.15) is 10.7 Å². The van der Waals surface area contributed by atoms with E-state index in [1.807, 2.05) is 18.4 Å². The van der Waals surface area contributed by atoms with E-state index in [0.717, 1.165) is 16.8 Å². The number of nitrogens with one attached hydrogen (secondary N) is 1. The second-order valence-corrected chi connectivity index (χ2v) is 7.47. The van der Waals surface area contributed by atoms with Gasteiger partial charge in [-0.25, -0.2) is 4.52 Å². The zero-order valence-electron chi connectivity index (χ0n) is 14.8. The standard InChI is InChI=1S/C16H18Cl2F2N6OS/c1-8-11(6-9(21)2-4-27-16(19)20)13(17)26-12(8)14(23-15(18)24-26)22-7-10-3-5-28-25-10/h3,5,9,16H,2,4,6-7,21H2,1H3,(H,22,23,24)/t9-/m0/s1. The third-order valence-corrected chi connectivity index (χ3v) is 5.34. The van der Waals surface area contributed by atoms with Crippen LogP contribution in [-0.4, -0.2) is 38.2 Å². The van der Waals surface area contributed by atoms with E-state index in [1.165, 1.54) is 16.0 Å². The number of hydrogen-bond donors (Lipinski definition) is 2. The molecule has 3 rings (SSSR count). The second-order valence-electron chi connectivity index (χ2n) is 6.11. The average molecular weight is 451 g/mol. The highest BCUT2D eigenvalue weighted by atomic mass is 35.5. The highest BCUT2D eigenvalue weighted by molar-refractivity contribution is 7.03. The van der Waals surface area contributed by atoms with E-state index in [9.17, 15) is 8.78 Å². The van der Waals surface area contributed by atoms with Crippen molar-refractivity contribution in [1.82, 2.24) is 19.0 Å². The van der Waals surface area contributed by atoms with Crippen molar-refractivity contribution in [3.8, 4) is 0 Å². The van der Waals surface area contributed by atoms with Gasteiger partial charge in [-0.15, -0.1) is 5.10 Å². The van der Waals surface area contributed by atoms with E-state index in [2.05, 4.69) is 24.5 Å². The molecule has 1 atom stereocenters. The van der Waals surface area contributed by atoms with E-state index in [0.29, 0.717) is 29.5 Å². The number of hydrogen-bond acceptors (Lipinski definition) is 7. The lowest BCUT2D eigenvalue weighted by atomic mass is 10.0. The summed E-state index contributed by atoms with van der Waals surface area (Å²) in [5, 5.41) is 9.66. The molecule has 0 aliphatic heterocycles. The third-order valence-electron chi connectivity index (χ3n) is 4.19. The van der Waals surface area contributed by atoms with Crippen molar-refractivity contribution in [2.24, 2.45) is 5.73 Å². The van der Waals surface area contributed by atoms with Crippen molar-refractivity contribution in [2.75, 3.05) is 11.9 Å². The first-order valence-corrected chi connectivity index (χ1v) is 9.97. The summed E-state index contributed by atoms with van der Waals surface area (Å²) in [5.74, 6) is 0.522. The Morgan fingerprint density at radius 3 is 2.86 bits per heavy atom. The summed E-state index contributed by atoms with van der Waals surface area (Å²) in [6, 6.07) is 1.50. The molecule has 3 aromatic heterocycles. The normalized spacial score (nSPS) is 12.8. The molecule has 0 spiro atoms. The van der Waals surface area contributed by atoms with Crippen LogP contribution < -0.4 is 11.1 Å². The van der Waals surface area contributed by atoms with E-state index >= 15 is 0 Å². The molecule has 152 valence electrons. The third kappa shape index (κ3) is 4.87. The smallest absolute Gasteiger partial charge is 0.345 e. The average Bonchev–Trinajstić information content (AvgIpc) is 3.23. The molecule has 0 amide bonds. The molecule has 0 unspecified atom stereocenters. The summed E-state index contributed by atoms with van der Waals surface area (Å²) in [4.78, 5) is 4.27. The van der Waals surface area contributed by atoms with Crippen molar-refractivity contribution in [2.45, 2.75) is 39.0 Å². The van der Waals surface area contributed by atoms with Gasteiger partial charge in [-0.1, -0.05) is 11.6 Å². The Kier molecular flexibility index (Phi) is 7.00. The maximum absolute atomic E-state index is 12.1. The second kappa shape index (κ2) is 9.27. The van der Waals surface area contributed by atoms with E-state index in [1.54, 1.807) is 0 Å². The largest absolute Gasteiger partial charge is 0.362 e. The topological polar surface area (TPSA) is 90.4 Å². The van der Waals surface area contributed by atoms with Gasteiger partial charge in [-0.3, -0.25) is 0 Å². The maximum atomic E-state index is 12.1. The van der Waals surface area contributed by atoms with Crippen molar-refractivity contribution >= 4 is 46.1 Å². The van der Waals surface area contributed by atoms with Gasteiger partial charge in [0, 0.05) is 11.4 Å². The van der Waals surface area contributed by atoms with Crippen molar-refractivity contribution in [3.63, 3.8) is 0 Å². The first-order chi connectivity index (χ1) is 13.4. The molecule has 3 aromatic rings. The molecule has 0 aliphatic rings. The van der Waals surface area contributed by atoms with Crippen LogP contribution in [0.3, 0.4) is 0 Å². The molecular formula is C16H18Cl2F2N6OS. The Bertz CT molecular complexity index is 937. The summed E-state index contributed by atoms with van der Waals surface area (Å²) < 4.78 is 34.2. The van der Waals surface area contributed by atoms with Crippen LogP contribution in [0.5, 0.6) is 0 Å². The molecule has 3 heterocycles. The summed E-state index contributed by atoms with van der Waals surface area (Å²) in [6.07, 6.45) is 0.650. The number of halogens is 4. The molecule has 0 aliphatic carbocycles. The van der Waals surface area contributed by atoms with Gasteiger partial charge in [-0.2, -0.15) is 18.1 Å². The number of alkyl halides is 2. The quantitative estimate of drug-likeness (QED) is 0.513. The number of aryl methyl sites for hydroxylation is 1. The van der Waals surface area contributed by atoms with Crippen LogP contribution in [-0.2, 0) is 17.7 Å². The number of nitrogens with two attached hydrogens (primary N) is 1. The molecule has 0 fully saturated rings. The van der Waals surface area contributed by atoms with Crippen LogP contribution >= 0.6 is 34.7 Å². The first-order valence-electron chi connectivity index (χ1n) is 8.38. The molecule has 12 heteroatoms. The Labute approximate surface area is 174 Å². The van der Waals surface area contributed by atoms with Crippen molar-refractivity contribution in [1.29, 1.82) is 0 Å². The maximum Gasteiger partial charge on any atom is 0.345 e. The van der Waals surface area contributed by atoms with Gasteiger partial charge in [0.15, 0.2) is 5.82 Å². The predicted molar refractivity (Wildman–Crippen MR) is 105 cm³/mol. The fourth-order valence-corrected chi connectivity index (χ4v) is 3.88. The molecule has 0 saturated carbocycles. The molecular weight excluding hydrogens is 433 g/mol. The number of fused-ring (bicyclic) bond motifs is 1. The highest BCUT2D eigenvalue weighted by Crippen LogP contribution is 2.32. The Morgan fingerprint density at radius 1 is 1.39 bits per heavy atom. The number of rotatable bonds is 9. The minimum atomic E-state index is -2.81. The summed E-state index contributed by atoms with van der Waals surface area (Å²) in [7, 11) is 0. The first kappa shape index (κ1) is 21.1. The summed E-state index contributed by atoms with van der Waals surface area (Å²) in [6.45, 7) is -0.591. The van der Waals surface area contributed by atoms with Crippen LogP contribution in [0.15, 0.2) is 11.4 Å². The zero-order chi connectivity index (χ0) is 20.3. The minimum absolute atomic E-state index is 0.0337. The fraction of sp³-hybridized carbons (Fsp3) is 0.438. The molecule has 28 heavy (non-hydrogen) atoms. The van der Waals surface area contributed by atoms with Gasteiger partial charge in [0.25, 0.3) is 0 Å². The molecule has 0 bridgehead atoms. The van der Waals surface area contributed by atoms with Gasteiger partial charge >= 0.3 is 6.61 Å². The Balaban J connectivity index is 1.85. The predicted octanol–water partition coefficient (Wildman–Crippen LogP) is 3.91. The van der Waals surface area contributed by atoms with Crippen LogP contribution in [0.1, 0.15) is 23.2 Å². The zero-order valence-corrected chi connectivity index (χ0v) is 17.2. The van der Waals surface area contributed by atoms with Crippen LogP contribution in [0.4, 0.5) is 14.6 Å². The number of ether oxygens (including phenoxy) is 1. The monoisotopic (exact) mass is 450 g/mol. The van der Waals surface area contributed by atoms with E-state index in [4.69, 9.17) is 28.9 Å². The number of aromatic nitrogens is 4. The lowest BCUT2D eigenvalue weighted by Crippen LogP contribution is -2.25. The lowest BCUT2D eigenvalue weighted by Gasteiger charge is -2.12. The van der Waals surface area contributed by atoms with Crippen molar-refractivity contribution in [3.05, 3.63) is 38.7 Å². The number of anilines is 1. The lowest BCUT2D eigenvalue weighted by molar-refractivity contribution is -0.129. The molecule has 0 aromatic carbocycles. The fourth-order valence-electron chi connectivity index (χ4n) is 2.84. The molecule has 0 saturated heterocycles. The van der Waals surface area contributed by atoms with Crippen LogP contribution in [0.2, 0.25) is 10.4 Å². The Hall–Kier alpha value is -1.59. The summed E-state index contributed by atoms with van der Waals surface area (Å²) >= 11 is 13.9. The van der Waals surface area contributed by atoms with Crippen LogP contribution in [0, 0.1) is 6.92 Å².